The van der Waals surface area contributed by atoms with Gasteiger partial charge in [-0.25, -0.2) is 4.39 Å². The second kappa shape index (κ2) is 8.38. The Bertz CT molecular complexity index is 527. The van der Waals surface area contributed by atoms with Crippen LogP contribution < -0.4 is 10.6 Å². The summed E-state index contributed by atoms with van der Waals surface area (Å²) in [6.07, 6.45) is 0.107. The van der Waals surface area contributed by atoms with Crippen molar-refractivity contribution in [3.63, 3.8) is 0 Å². The SMILES string of the molecule is COCCNC(=O)CCNc1cc(Cl)c(F)cc1[N+](=O)[O-]. The average molecular weight is 320 g/mol. The highest BCUT2D eigenvalue weighted by Gasteiger charge is 2.17. The van der Waals surface area contributed by atoms with E-state index in [1.807, 2.05) is 0 Å². The zero-order valence-corrected chi connectivity index (χ0v) is 12.1. The van der Waals surface area contributed by atoms with E-state index in [9.17, 15) is 19.3 Å². The van der Waals surface area contributed by atoms with Crippen LogP contribution in [0.2, 0.25) is 5.02 Å². The minimum atomic E-state index is -0.869. The van der Waals surface area contributed by atoms with Gasteiger partial charge in [-0.2, -0.15) is 0 Å². The van der Waals surface area contributed by atoms with Crippen LogP contribution in [0, 0.1) is 15.9 Å². The molecule has 1 rings (SSSR count). The summed E-state index contributed by atoms with van der Waals surface area (Å²) in [7, 11) is 1.52. The van der Waals surface area contributed by atoms with Crippen LogP contribution in [0.3, 0.4) is 0 Å². The molecule has 0 aromatic heterocycles. The van der Waals surface area contributed by atoms with E-state index >= 15 is 0 Å². The van der Waals surface area contributed by atoms with Crippen molar-refractivity contribution < 1.29 is 18.8 Å². The van der Waals surface area contributed by atoms with Crippen molar-refractivity contribution >= 4 is 28.9 Å². The van der Waals surface area contributed by atoms with E-state index in [4.69, 9.17) is 16.3 Å². The van der Waals surface area contributed by atoms with Gasteiger partial charge in [-0.3, -0.25) is 14.9 Å². The quantitative estimate of drug-likeness (QED) is 0.434. The molecule has 1 aromatic carbocycles. The highest BCUT2D eigenvalue weighted by Crippen LogP contribution is 2.30. The molecule has 0 aliphatic rings. The van der Waals surface area contributed by atoms with Crippen molar-refractivity contribution in [3.8, 4) is 0 Å². The topological polar surface area (TPSA) is 93.5 Å². The number of carbonyl (C=O) groups is 1. The third kappa shape index (κ3) is 5.52. The largest absolute Gasteiger partial charge is 0.383 e. The van der Waals surface area contributed by atoms with Gasteiger partial charge in [-0.05, 0) is 6.07 Å². The fourth-order valence-corrected chi connectivity index (χ4v) is 1.68. The molecule has 0 aliphatic heterocycles. The van der Waals surface area contributed by atoms with E-state index in [2.05, 4.69) is 10.6 Å². The number of carbonyl (C=O) groups excluding carboxylic acids is 1. The van der Waals surface area contributed by atoms with Crippen molar-refractivity contribution in [2.75, 3.05) is 32.1 Å². The number of nitrogens with one attached hydrogen (secondary N) is 2. The lowest BCUT2D eigenvalue weighted by Gasteiger charge is -2.08. The van der Waals surface area contributed by atoms with Gasteiger partial charge in [0.05, 0.1) is 22.6 Å². The van der Waals surface area contributed by atoms with Crippen LogP contribution in [-0.4, -0.2) is 37.6 Å². The van der Waals surface area contributed by atoms with Gasteiger partial charge in [-0.1, -0.05) is 11.6 Å². The van der Waals surface area contributed by atoms with Crippen LogP contribution in [0.15, 0.2) is 12.1 Å². The number of rotatable bonds is 8. The van der Waals surface area contributed by atoms with Crippen molar-refractivity contribution in [2.24, 2.45) is 0 Å². The van der Waals surface area contributed by atoms with E-state index in [0.717, 1.165) is 12.1 Å². The molecule has 1 aromatic rings. The van der Waals surface area contributed by atoms with Gasteiger partial charge in [0.2, 0.25) is 5.91 Å². The summed E-state index contributed by atoms with van der Waals surface area (Å²) in [4.78, 5) is 21.5. The maximum Gasteiger partial charge on any atom is 0.295 e. The predicted molar refractivity (Wildman–Crippen MR) is 76.1 cm³/mol. The maximum absolute atomic E-state index is 13.2. The summed E-state index contributed by atoms with van der Waals surface area (Å²) in [5, 5.41) is 15.9. The summed E-state index contributed by atoms with van der Waals surface area (Å²) in [5.41, 5.74) is -0.368. The monoisotopic (exact) mass is 319 g/mol. The van der Waals surface area contributed by atoms with E-state index in [-0.39, 0.29) is 29.6 Å². The second-order valence-corrected chi connectivity index (χ2v) is 4.47. The Kier molecular flexibility index (Phi) is 6.83. The molecule has 0 unspecified atom stereocenters. The second-order valence-electron chi connectivity index (χ2n) is 4.06. The maximum atomic E-state index is 13.2. The number of anilines is 1. The molecule has 116 valence electrons. The lowest BCUT2D eigenvalue weighted by Crippen LogP contribution is -2.28. The number of nitrogens with zero attached hydrogens (tertiary/aromatic N) is 1. The number of ether oxygens (including phenoxy) is 1. The fraction of sp³-hybridized carbons (Fsp3) is 0.417. The Morgan fingerprint density at radius 1 is 1.48 bits per heavy atom. The molecular formula is C12H15ClFN3O4. The van der Waals surface area contributed by atoms with E-state index in [1.54, 1.807) is 0 Å². The molecule has 9 heteroatoms. The van der Waals surface area contributed by atoms with E-state index in [0.29, 0.717) is 13.2 Å². The molecule has 0 heterocycles. The normalized spacial score (nSPS) is 10.2. The summed E-state index contributed by atoms with van der Waals surface area (Å²) >= 11 is 5.59. The number of hydrogen-bond acceptors (Lipinski definition) is 5. The Balaban J connectivity index is 2.57. The van der Waals surface area contributed by atoms with Gasteiger partial charge in [0.15, 0.2) is 0 Å². The molecule has 0 spiro atoms. The molecule has 1 amide bonds. The van der Waals surface area contributed by atoms with Crippen LogP contribution >= 0.6 is 11.6 Å². The van der Waals surface area contributed by atoms with Crippen LogP contribution in [-0.2, 0) is 9.53 Å². The van der Waals surface area contributed by atoms with Gasteiger partial charge >= 0.3 is 0 Å². The van der Waals surface area contributed by atoms with Crippen molar-refractivity contribution in [3.05, 3.63) is 33.1 Å². The molecule has 0 saturated heterocycles. The minimum Gasteiger partial charge on any atom is -0.383 e. The first kappa shape index (κ1) is 17.1. The number of nitro groups is 1. The van der Waals surface area contributed by atoms with Crippen molar-refractivity contribution in [2.45, 2.75) is 6.42 Å². The molecule has 0 radical (unpaired) electrons. The van der Waals surface area contributed by atoms with Gasteiger partial charge < -0.3 is 15.4 Å². The van der Waals surface area contributed by atoms with Crippen LogP contribution in [0.5, 0.6) is 0 Å². The number of methoxy groups -OCH3 is 1. The molecule has 2 N–H and O–H groups in total. The minimum absolute atomic E-state index is 0.0658. The van der Waals surface area contributed by atoms with Crippen LogP contribution in [0.4, 0.5) is 15.8 Å². The summed E-state index contributed by atoms with van der Waals surface area (Å²) in [6, 6.07) is 1.86. The van der Waals surface area contributed by atoms with Gasteiger partial charge in [0.25, 0.3) is 5.69 Å². The van der Waals surface area contributed by atoms with Gasteiger partial charge in [-0.15, -0.1) is 0 Å². The Labute approximate surface area is 125 Å². The average Bonchev–Trinajstić information content (AvgIpc) is 2.42. The number of hydrogen-bond donors (Lipinski definition) is 2. The molecule has 0 atom stereocenters. The third-order valence-electron chi connectivity index (χ3n) is 2.53. The van der Waals surface area contributed by atoms with E-state index < -0.39 is 16.4 Å². The van der Waals surface area contributed by atoms with Crippen LogP contribution in [0.1, 0.15) is 6.42 Å². The fourth-order valence-electron chi connectivity index (χ4n) is 1.52. The molecule has 0 fully saturated rings. The standard InChI is InChI=1S/C12H15ClFN3O4/c1-21-5-4-16-12(18)2-3-15-10-6-8(13)9(14)7-11(10)17(19)20/h6-7,15H,2-5H2,1H3,(H,16,18). The van der Waals surface area contributed by atoms with Gasteiger partial charge in [0, 0.05) is 26.6 Å². The van der Waals surface area contributed by atoms with Gasteiger partial charge in [0.1, 0.15) is 11.5 Å². The third-order valence-corrected chi connectivity index (χ3v) is 2.82. The van der Waals surface area contributed by atoms with Crippen LogP contribution in [0.25, 0.3) is 0 Å². The van der Waals surface area contributed by atoms with Crippen molar-refractivity contribution in [1.82, 2.24) is 5.32 Å². The summed E-state index contributed by atoms with van der Waals surface area (Å²) in [5.74, 6) is -1.10. The number of amides is 1. The Morgan fingerprint density at radius 2 is 2.19 bits per heavy atom. The highest BCUT2D eigenvalue weighted by atomic mass is 35.5. The molecule has 0 bridgehead atoms. The zero-order chi connectivity index (χ0) is 15.8. The molecule has 7 nitrogen and oxygen atoms in total. The lowest BCUT2D eigenvalue weighted by atomic mass is 10.2. The summed E-state index contributed by atoms with van der Waals surface area (Å²) in [6.45, 7) is 0.942. The first-order valence-corrected chi connectivity index (χ1v) is 6.46. The highest BCUT2D eigenvalue weighted by molar-refractivity contribution is 6.31. The number of nitro benzene ring substituents is 1. The molecule has 0 saturated carbocycles. The number of halogens is 2. The molecular weight excluding hydrogens is 305 g/mol. The Morgan fingerprint density at radius 3 is 2.81 bits per heavy atom. The Hall–Kier alpha value is -1.93. The lowest BCUT2D eigenvalue weighted by molar-refractivity contribution is -0.384. The zero-order valence-electron chi connectivity index (χ0n) is 11.3. The first-order chi connectivity index (χ1) is 9.95. The smallest absolute Gasteiger partial charge is 0.295 e. The van der Waals surface area contributed by atoms with Crippen molar-refractivity contribution in [1.29, 1.82) is 0 Å². The first-order valence-electron chi connectivity index (χ1n) is 6.08. The van der Waals surface area contributed by atoms with E-state index in [1.165, 1.54) is 7.11 Å². The molecule has 21 heavy (non-hydrogen) atoms. The molecule has 0 aliphatic carbocycles. The predicted octanol–water partition coefficient (Wildman–Crippen LogP) is 1.95. The summed E-state index contributed by atoms with van der Waals surface area (Å²) < 4.78 is 18.0. The number of benzene rings is 1.